The Labute approximate surface area is 230 Å². The first-order chi connectivity index (χ1) is 18.6. The number of hydrogen-bond acceptors (Lipinski definition) is 9. The third-order valence-electron chi connectivity index (χ3n) is 7.20. The minimum absolute atomic E-state index is 0.0822. The lowest BCUT2D eigenvalue weighted by Crippen LogP contribution is -2.47. The molecular formula is C27H28N6O4S2. The van der Waals surface area contributed by atoms with E-state index in [0.717, 1.165) is 65.1 Å². The number of nitro benzene ring substituents is 1. The Hall–Kier alpha value is -3.74. The van der Waals surface area contributed by atoms with Gasteiger partial charge in [-0.25, -0.2) is 17.4 Å². The van der Waals surface area contributed by atoms with E-state index in [4.69, 9.17) is 4.99 Å². The van der Waals surface area contributed by atoms with Crippen molar-refractivity contribution < 1.29 is 13.3 Å². The van der Waals surface area contributed by atoms with Gasteiger partial charge in [-0.2, -0.15) is 0 Å². The highest BCUT2D eigenvalue weighted by Gasteiger charge is 2.31. The lowest BCUT2D eigenvalue weighted by atomic mass is 10.2. The van der Waals surface area contributed by atoms with Crippen LogP contribution in [0.4, 0.5) is 22.1 Å². The lowest BCUT2D eigenvalue weighted by molar-refractivity contribution is -0.384. The Kier molecular flexibility index (Phi) is 6.20. The lowest BCUT2D eigenvalue weighted by Gasteiger charge is -2.34. The minimum atomic E-state index is -3.71. The van der Waals surface area contributed by atoms with Gasteiger partial charge in [0.1, 0.15) is 10.8 Å². The van der Waals surface area contributed by atoms with E-state index in [0.29, 0.717) is 16.6 Å². The molecule has 2 aromatic heterocycles. The normalized spacial score (nSPS) is 16.1. The number of piperazine rings is 1. The number of likely N-dealkylation sites (N-methyl/N-ethyl adjacent to an activating group) is 1. The van der Waals surface area contributed by atoms with Gasteiger partial charge in [-0.1, -0.05) is 12.1 Å². The molecule has 0 unspecified atom stereocenters. The number of amidine groups is 1. The van der Waals surface area contributed by atoms with Crippen LogP contribution in [-0.2, 0) is 16.6 Å². The minimum Gasteiger partial charge on any atom is -0.353 e. The largest absolute Gasteiger partial charge is 0.353 e. The zero-order chi connectivity index (χ0) is 27.5. The first-order valence-electron chi connectivity index (χ1n) is 12.6. The second-order valence-corrected chi connectivity index (χ2v) is 13.1. The molecular weight excluding hydrogens is 536 g/mol. The number of nitrogens with zero attached hydrogens (tertiary/aromatic N) is 6. The smallest absolute Gasteiger partial charge is 0.270 e. The van der Waals surface area contributed by atoms with Gasteiger partial charge >= 0.3 is 0 Å². The van der Waals surface area contributed by atoms with Crippen LogP contribution in [0.25, 0.3) is 10.9 Å². The van der Waals surface area contributed by atoms with Crippen LogP contribution in [0.3, 0.4) is 0 Å². The van der Waals surface area contributed by atoms with Crippen molar-refractivity contribution >= 4 is 60.2 Å². The van der Waals surface area contributed by atoms with Crippen LogP contribution in [0.5, 0.6) is 0 Å². The highest BCUT2D eigenvalue weighted by Crippen LogP contribution is 2.45. The van der Waals surface area contributed by atoms with Gasteiger partial charge in [0.25, 0.3) is 5.69 Å². The summed E-state index contributed by atoms with van der Waals surface area (Å²) in [5, 5.41) is 12.9. The number of rotatable bonds is 4. The van der Waals surface area contributed by atoms with E-state index in [1.807, 2.05) is 24.3 Å². The topological polar surface area (TPSA) is 104 Å². The Balaban J connectivity index is 1.52. The summed E-state index contributed by atoms with van der Waals surface area (Å²) in [5.41, 5.74) is 3.56. The van der Waals surface area contributed by atoms with Crippen LogP contribution in [0.15, 0.2) is 59.6 Å². The summed E-state index contributed by atoms with van der Waals surface area (Å²) in [6, 6.07) is 16.1. The SMILES string of the molecule is Cc1cc2c(s1)N(Cc1cc3cc([N+](=O)[O-])ccc3n1S(C)(=O)=O)c1ccccc1N=C2N1CCN(C)CC1. The van der Waals surface area contributed by atoms with Gasteiger partial charge in [0.05, 0.1) is 45.9 Å². The highest BCUT2D eigenvalue weighted by atomic mass is 32.2. The van der Waals surface area contributed by atoms with Crippen LogP contribution in [0.2, 0.25) is 0 Å². The second-order valence-electron chi connectivity index (χ2n) is 10.0. The number of aliphatic imine (C=N–C) groups is 1. The molecule has 0 N–H and O–H groups in total. The third kappa shape index (κ3) is 4.58. The van der Waals surface area contributed by atoms with E-state index >= 15 is 0 Å². The average Bonchev–Trinajstić information content (AvgIpc) is 3.43. The Bertz CT molecular complexity index is 1750. The van der Waals surface area contributed by atoms with Crippen molar-refractivity contribution in [3.63, 3.8) is 0 Å². The molecule has 4 heterocycles. The number of aromatic nitrogens is 1. The molecule has 1 fully saturated rings. The number of non-ortho nitro benzene ring substituents is 1. The fourth-order valence-corrected chi connectivity index (χ4v) is 7.44. The number of aryl methyl sites for hydroxylation is 1. The molecule has 0 atom stereocenters. The molecule has 0 saturated carbocycles. The molecule has 202 valence electrons. The van der Waals surface area contributed by atoms with Gasteiger partial charge in [-0.15, -0.1) is 11.3 Å². The third-order valence-corrected chi connectivity index (χ3v) is 9.37. The zero-order valence-corrected chi connectivity index (χ0v) is 23.5. The maximum absolute atomic E-state index is 13.0. The number of nitro groups is 1. The van der Waals surface area contributed by atoms with Crippen molar-refractivity contribution in [2.24, 2.45) is 4.99 Å². The van der Waals surface area contributed by atoms with Gasteiger partial charge in [-0.05, 0) is 44.3 Å². The van der Waals surface area contributed by atoms with E-state index < -0.39 is 14.9 Å². The maximum Gasteiger partial charge on any atom is 0.270 e. The van der Waals surface area contributed by atoms with Gasteiger partial charge in [-0.3, -0.25) is 10.1 Å². The molecule has 0 radical (unpaired) electrons. The molecule has 6 rings (SSSR count). The summed E-state index contributed by atoms with van der Waals surface area (Å²) in [5.74, 6) is 0.927. The maximum atomic E-state index is 13.0. The first-order valence-corrected chi connectivity index (χ1v) is 15.3. The second kappa shape index (κ2) is 9.47. The molecule has 0 spiro atoms. The fraction of sp³-hybridized carbons (Fsp3) is 0.296. The Morgan fingerprint density at radius 3 is 2.51 bits per heavy atom. The predicted molar refractivity (Wildman–Crippen MR) is 155 cm³/mol. The monoisotopic (exact) mass is 564 g/mol. The van der Waals surface area contributed by atoms with Gasteiger partial charge in [0, 0.05) is 48.6 Å². The summed E-state index contributed by atoms with van der Waals surface area (Å²) in [4.78, 5) is 24.0. The standard InChI is InChI=1S/C27H28N6O4S2/c1-18-14-22-26(30-12-10-29(2)11-13-30)28-23-6-4-5-7-25(23)31(27(22)38-18)17-21-16-19-15-20(33(34)35)8-9-24(19)32(21)39(3,36)37/h4-9,14-16H,10-13,17H2,1-3H3. The van der Waals surface area contributed by atoms with Gasteiger partial charge in [0.15, 0.2) is 0 Å². The van der Waals surface area contributed by atoms with Crippen LogP contribution in [-0.4, -0.2) is 72.4 Å². The van der Waals surface area contributed by atoms with Crippen molar-refractivity contribution in [3.05, 3.63) is 80.8 Å². The molecule has 0 bridgehead atoms. The summed E-state index contributed by atoms with van der Waals surface area (Å²) in [6.07, 6.45) is 1.16. The number of fused-ring (bicyclic) bond motifs is 3. The molecule has 1 saturated heterocycles. The van der Waals surface area contributed by atoms with Crippen LogP contribution < -0.4 is 4.90 Å². The molecule has 0 amide bonds. The molecule has 39 heavy (non-hydrogen) atoms. The van der Waals surface area contributed by atoms with Crippen LogP contribution in [0, 0.1) is 17.0 Å². The summed E-state index contributed by atoms with van der Waals surface area (Å²) in [7, 11) is -1.59. The summed E-state index contributed by atoms with van der Waals surface area (Å²) < 4.78 is 27.3. The highest BCUT2D eigenvalue weighted by molar-refractivity contribution is 7.89. The van der Waals surface area contributed by atoms with Crippen molar-refractivity contribution in [1.82, 2.24) is 13.8 Å². The molecule has 10 nitrogen and oxygen atoms in total. The van der Waals surface area contributed by atoms with Gasteiger partial charge in [0.2, 0.25) is 10.0 Å². The zero-order valence-electron chi connectivity index (χ0n) is 21.9. The van der Waals surface area contributed by atoms with E-state index in [1.54, 1.807) is 17.4 Å². The summed E-state index contributed by atoms with van der Waals surface area (Å²) >= 11 is 1.65. The number of para-hydroxylation sites is 2. The van der Waals surface area contributed by atoms with Crippen molar-refractivity contribution in [3.8, 4) is 0 Å². The molecule has 2 aliphatic heterocycles. The van der Waals surface area contributed by atoms with Crippen molar-refractivity contribution in [2.45, 2.75) is 13.5 Å². The van der Waals surface area contributed by atoms with Gasteiger partial charge < -0.3 is 14.7 Å². The molecule has 12 heteroatoms. The van der Waals surface area contributed by atoms with Crippen molar-refractivity contribution in [1.29, 1.82) is 0 Å². The molecule has 4 aromatic rings. The molecule has 2 aromatic carbocycles. The molecule has 0 aliphatic carbocycles. The Morgan fingerprint density at radius 2 is 1.79 bits per heavy atom. The predicted octanol–water partition coefficient (Wildman–Crippen LogP) is 4.70. The fourth-order valence-electron chi connectivity index (χ4n) is 5.36. The summed E-state index contributed by atoms with van der Waals surface area (Å²) in [6.45, 7) is 5.94. The quantitative estimate of drug-likeness (QED) is 0.261. The van der Waals surface area contributed by atoms with E-state index in [2.05, 4.69) is 34.7 Å². The number of hydrogen-bond donors (Lipinski definition) is 0. The van der Waals surface area contributed by atoms with Crippen LogP contribution >= 0.6 is 11.3 Å². The van der Waals surface area contributed by atoms with E-state index in [-0.39, 0.29) is 12.2 Å². The van der Waals surface area contributed by atoms with E-state index in [1.165, 1.54) is 22.2 Å². The van der Waals surface area contributed by atoms with Crippen molar-refractivity contribution in [2.75, 3.05) is 44.4 Å². The van der Waals surface area contributed by atoms with Crippen LogP contribution in [0.1, 0.15) is 16.1 Å². The number of benzene rings is 2. The molecule has 2 aliphatic rings. The number of anilines is 2. The average molecular weight is 565 g/mol. The first kappa shape index (κ1) is 25.5. The Morgan fingerprint density at radius 1 is 1.05 bits per heavy atom. The number of thiophene rings is 1. The van der Waals surface area contributed by atoms with E-state index in [9.17, 15) is 18.5 Å².